The lowest BCUT2D eigenvalue weighted by molar-refractivity contribution is 0.0648. The topological polar surface area (TPSA) is 62.5 Å². The van der Waals surface area contributed by atoms with Gasteiger partial charge < -0.3 is 10.4 Å². The van der Waals surface area contributed by atoms with Crippen LogP contribution in [0.4, 0.5) is 5.82 Å². The first-order valence-corrected chi connectivity index (χ1v) is 7.10. The van der Waals surface area contributed by atoms with Crippen molar-refractivity contribution in [2.45, 2.75) is 39.3 Å². The second-order valence-corrected chi connectivity index (χ2v) is 6.05. The van der Waals surface area contributed by atoms with Crippen molar-refractivity contribution in [1.82, 2.24) is 14.6 Å². The van der Waals surface area contributed by atoms with Crippen LogP contribution in [0.1, 0.15) is 26.5 Å². The van der Waals surface area contributed by atoms with Crippen molar-refractivity contribution in [1.29, 1.82) is 0 Å². The average Bonchev–Trinajstić information content (AvgIpc) is 2.78. The molecule has 0 aliphatic carbocycles. The van der Waals surface area contributed by atoms with E-state index in [2.05, 4.69) is 15.4 Å². The number of benzene rings is 1. The summed E-state index contributed by atoms with van der Waals surface area (Å²) < 4.78 is 1.85. The van der Waals surface area contributed by atoms with Gasteiger partial charge in [0.25, 0.3) is 0 Å². The highest BCUT2D eigenvalue weighted by atomic mass is 16.3. The maximum Gasteiger partial charge on any atom is 0.158 e. The van der Waals surface area contributed by atoms with E-state index in [0.29, 0.717) is 0 Å². The molecule has 0 amide bonds. The summed E-state index contributed by atoms with van der Waals surface area (Å²) in [7, 11) is 0. The third-order valence-electron chi connectivity index (χ3n) is 3.84. The predicted octanol–water partition coefficient (Wildman–Crippen LogP) is 2.76. The van der Waals surface area contributed by atoms with Crippen molar-refractivity contribution in [3.8, 4) is 0 Å². The normalized spacial score (nSPS) is 13.8. The van der Waals surface area contributed by atoms with Gasteiger partial charge in [-0.15, -0.1) is 0 Å². The van der Waals surface area contributed by atoms with Gasteiger partial charge in [-0.25, -0.2) is 9.50 Å². The molecule has 0 aliphatic rings. The van der Waals surface area contributed by atoms with Gasteiger partial charge in [0, 0.05) is 11.5 Å². The van der Waals surface area contributed by atoms with Crippen molar-refractivity contribution >= 4 is 22.4 Å². The van der Waals surface area contributed by atoms with E-state index in [4.69, 9.17) is 0 Å². The van der Waals surface area contributed by atoms with Gasteiger partial charge in [0.2, 0.25) is 0 Å². The number of rotatable bonds is 3. The van der Waals surface area contributed by atoms with Crippen LogP contribution in [0.2, 0.25) is 0 Å². The molecule has 1 aromatic carbocycles. The molecule has 0 saturated carbocycles. The zero-order valence-electron chi connectivity index (χ0n) is 12.8. The first kappa shape index (κ1) is 13.8. The van der Waals surface area contributed by atoms with Gasteiger partial charge in [0.1, 0.15) is 5.82 Å². The van der Waals surface area contributed by atoms with Crippen molar-refractivity contribution in [2.24, 2.45) is 0 Å². The molecule has 0 spiro atoms. The number of hydrogen-bond donors (Lipinski definition) is 2. The van der Waals surface area contributed by atoms with Crippen molar-refractivity contribution in [2.75, 3.05) is 5.32 Å². The second-order valence-electron chi connectivity index (χ2n) is 6.05. The van der Waals surface area contributed by atoms with Gasteiger partial charge >= 0.3 is 0 Å². The molecule has 0 aliphatic heterocycles. The van der Waals surface area contributed by atoms with Crippen LogP contribution in [0, 0.1) is 6.92 Å². The maximum absolute atomic E-state index is 10.1. The number of aliphatic hydroxyl groups is 1. The number of nitrogens with zero attached hydrogens (tertiary/aromatic N) is 3. The molecule has 21 heavy (non-hydrogen) atoms. The van der Waals surface area contributed by atoms with Gasteiger partial charge in [-0.05, 0) is 39.8 Å². The summed E-state index contributed by atoms with van der Waals surface area (Å²) in [5.41, 5.74) is 1.91. The van der Waals surface area contributed by atoms with E-state index in [9.17, 15) is 5.11 Å². The molecule has 5 heteroatoms. The lowest BCUT2D eigenvalue weighted by atomic mass is 10.0. The third kappa shape index (κ3) is 2.45. The predicted molar refractivity (Wildman–Crippen MR) is 84.6 cm³/mol. The van der Waals surface area contributed by atoms with Crippen molar-refractivity contribution in [3.63, 3.8) is 0 Å². The smallest absolute Gasteiger partial charge is 0.158 e. The summed E-state index contributed by atoms with van der Waals surface area (Å²) in [6.07, 6.45) is 0. The molecule has 0 unspecified atom stereocenters. The minimum atomic E-state index is -0.828. The Morgan fingerprint density at radius 1 is 1.29 bits per heavy atom. The standard InChI is InChI=1S/C16H20N4O/c1-10-9-14-18-15(17-11(2)16(3,4)21)12-7-5-6-8-13(12)20(14)19-10/h5-9,11,21H,1-4H3,(H,17,18)/t11-/m1/s1. The first-order valence-electron chi connectivity index (χ1n) is 7.10. The molecule has 5 nitrogen and oxygen atoms in total. The van der Waals surface area contributed by atoms with Crippen LogP contribution < -0.4 is 5.32 Å². The van der Waals surface area contributed by atoms with E-state index >= 15 is 0 Å². The van der Waals surface area contributed by atoms with E-state index in [1.54, 1.807) is 13.8 Å². The minimum Gasteiger partial charge on any atom is -0.388 e. The molecular weight excluding hydrogens is 264 g/mol. The Kier molecular flexibility index (Phi) is 3.10. The maximum atomic E-state index is 10.1. The molecule has 0 fully saturated rings. The van der Waals surface area contributed by atoms with Crippen LogP contribution in [-0.4, -0.2) is 31.3 Å². The SMILES string of the molecule is Cc1cc2nc(N[C@H](C)C(C)(C)O)c3ccccc3n2n1. The Labute approximate surface area is 123 Å². The molecule has 3 rings (SSSR count). The minimum absolute atomic E-state index is 0.125. The average molecular weight is 284 g/mol. The largest absolute Gasteiger partial charge is 0.388 e. The van der Waals surface area contributed by atoms with Gasteiger partial charge in [-0.2, -0.15) is 5.10 Å². The zero-order chi connectivity index (χ0) is 15.2. The van der Waals surface area contributed by atoms with Gasteiger partial charge in [-0.3, -0.25) is 0 Å². The van der Waals surface area contributed by atoms with E-state index in [0.717, 1.165) is 28.1 Å². The summed E-state index contributed by atoms with van der Waals surface area (Å²) in [6.45, 7) is 7.47. The quantitative estimate of drug-likeness (QED) is 0.776. The molecule has 0 saturated heterocycles. The Morgan fingerprint density at radius 2 is 2.00 bits per heavy atom. The summed E-state index contributed by atoms with van der Waals surface area (Å²) in [4.78, 5) is 4.66. The first-order chi connectivity index (χ1) is 9.86. The Bertz CT molecular complexity index is 801. The van der Waals surface area contributed by atoms with Crippen LogP contribution >= 0.6 is 0 Å². The number of aromatic nitrogens is 3. The molecule has 2 aromatic heterocycles. The number of aryl methyl sites for hydroxylation is 1. The Morgan fingerprint density at radius 3 is 2.71 bits per heavy atom. The monoisotopic (exact) mass is 284 g/mol. The van der Waals surface area contributed by atoms with Crippen LogP contribution in [0.25, 0.3) is 16.6 Å². The van der Waals surface area contributed by atoms with E-state index in [-0.39, 0.29) is 6.04 Å². The number of anilines is 1. The highest BCUT2D eigenvalue weighted by Crippen LogP contribution is 2.25. The third-order valence-corrected chi connectivity index (χ3v) is 3.84. The highest BCUT2D eigenvalue weighted by molar-refractivity contribution is 5.91. The van der Waals surface area contributed by atoms with E-state index in [1.165, 1.54) is 0 Å². The lowest BCUT2D eigenvalue weighted by Crippen LogP contribution is -2.39. The summed E-state index contributed by atoms with van der Waals surface area (Å²) in [5.74, 6) is 0.771. The number of nitrogens with one attached hydrogen (secondary N) is 1. The van der Waals surface area contributed by atoms with E-state index in [1.807, 2.05) is 48.7 Å². The molecule has 0 bridgehead atoms. The highest BCUT2D eigenvalue weighted by Gasteiger charge is 2.23. The second kappa shape index (κ2) is 4.70. The number of fused-ring (bicyclic) bond motifs is 3. The van der Waals surface area contributed by atoms with Crippen LogP contribution in [-0.2, 0) is 0 Å². The number of hydrogen-bond acceptors (Lipinski definition) is 4. The van der Waals surface area contributed by atoms with Gasteiger partial charge in [0.15, 0.2) is 5.65 Å². The Balaban J connectivity index is 2.20. The molecule has 110 valence electrons. The summed E-state index contributed by atoms with van der Waals surface area (Å²) >= 11 is 0. The van der Waals surface area contributed by atoms with Crippen molar-refractivity contribution in [3.05, 3.63) is 36.0 Å². The molecular formula is C16H20N4O. The van der Waals surface area contributed by atoms with Crippen molar-refractivity contribution < 1.29 is 5.11 Å². The molecule has 1 atom stereocenters. The summed E-state index contributed by atoms with van der Waals surface area (Å²) in [6, 6.07) is 9.83. The van der Waals surface area contributed by atoms with Crippen LogP contribution in [0.3, 0.4) is 0 Å². The molecule has 2 heterocycles. The van der Waals surface area contributed by atoms with E-state index < -0.39 is 5.60 Å². The van der Waals surface area contributed by atoms with Crippen LogP contribution in [0.15, 0.2) is 30.3 Å². The lowest BCUT2D eigenvalue weighted by Gasteiger charge is -2.27. The molecule has 2 N–H and O–H groups in total. The fourth-order valence-electron chi connectivity index (χ4n) is 2.27. The van der Waals surface area contributed by atoms with Gasteiger partial charge in [0.05, 0.1) is 22.9 Å². The molecule has 0 radical (unpaired) electrons. The van der Waals surface area contributed by atoms with Gasteiger partial charge in [-0.1, -0.05) is 12.1 Å². The fraction of sp³-hybridized carbons (Fsp3) is 0.375. The molecule has 3 aromatic rings. The Hall–Kier alpha value is -2.14. The fourth-order valence-corrected chi connectivity index (χ4v) is 2.27. The summed E-state index contributed by atoms with van der Waals surface area (Å²) in [5, 5.41) is 18.9. The zero-order valence-corrected chi connectivity index (χ0v) is 12.8. The number of para-hydroxylation sites is 1. The van der Waals surface area contributed by atoms with Crippen LogP contribution in [0.5, 0.6) is 0 Å².